The first kappa shape index (κ1) is 25.2. The first-order valence-corrected chi connectivity index (χ1v) is 11.4. The lowest BCUT2D eigenvalue weighted by atomic mass is 9.78. The molecule has 0 aliphatic carbocycles. The number of phenols is 1. The molecule has 5 heteroatoms. The lowest BCUT2D eigenvalue weighted by Gasteiger charge is -2.28. The van der Waals surface area contributed by atoms with Gasteiger partial charge in [0.25, 0.3) is 5.91 Å². The van der Waals surface area contributed by atoms with Crippen molar-refractivity contribution in [2.45, 2.75) is 58.0 Å². The Morgan fingerprint density at radius 3 is 1.59 bits per heavy atom. The second-order valence-corrected chi connectivity index (χ2v) is 10.6. The van der Waals surface area contributed by atoms with E-state index in [9.17, 15) is 15.0 Å². The number of nitrogens with zero attached hydrogens (tertiary/aromatic N) is 1. The van der Waals surface area contributed by atoms with Crippen molar-refractivity contribution >= 4 is 12.1 Å². The normalized spacial score (nSPS) is 12.7. The van der Waals surface area contributed by atoms with Crippen LogP contribution >= 0.6 is 0 Å². The maximum Gasteiger partial charge on any atom is 0.281 e. The van der Waals surface area contributed by atoms with Crippen LogP contribution in [-0.4, -0.2) is 22.3 Å². The van der Waals surface area contributed by atoms with Gasteiger partial charge in [-0.05, 0) is 39.7 Å². The average Bonchev–Trinajstić information content (AvgIpc) is 2.79. The molecule has 0 fully saturated rings. The Labute approximate surface area is 202 Å². The fraction of sp³-hybridized carbons (Fsp3) is 0.310. The largest absolute Gasteiger partial charge is 0.507 e. The third kappa shape index (κ3) is 5.20. The molecule has 0 aromatic heterocycles. The van der Waals surface area contributed by atoms with Gasteiger partial charge in [-0.15, -0.1) is 0 Å². The summed E-state index contributed by atoms with van der Waals surface area (Å²) in [6.07, 6.45) is 1.54. The van der Waals surface area contributed by atoms with Crippen molar-refractivity contribution in [3.05, 3.63) is 101 Å². The van der Waals surface area contributed by atoms with E-state index in [1.54, 1.807) is 48.5 Å². The molecule has 0 bridgehead atoms. The van der Waals surface area contributed by atoms with E-state index in [2.05, 4.69) is 10.5 Å². The van der Waals surface area contributed by atoms with Crippen LogP contribution in [0.2, 0.25) is 0 Å². The number of aromatic hydroxyl groups is 1. The summed E-state index contributed by atoms with van der Waals surface area (Å²) in [6, 6.07) is 21.4. The van der Waals surface area contributed by atoms with Crippen LogP contribution in [0.1, 0.15) is 69.4 Å². The standard InChI is InChI=1S/C29H34N2O3/c1-27(2,3)23-17-20(18-24(25(23)32)28(4,5)6)19-30-31-26(33)29(34,21-13-9-7-10-14-21)22-15-11-8-12-16-22/h7-19,32,34H,1-6H3,(H,31,33)/b30-19+. The van der Waals surface area contributed by atoms with Gasteiger partial charge in [-0.3, -0.25) is 4.79 Å². The van der Waals surface area contributed by atoms with E-state index in [1.165, 1.54) is 6.21 Å². The number of carbonyl (C=O) groups is 1. The van der Waals surface area contributed by atoms with Crippen molar-refractivity contribution in [3.8, 4) is 5.75 Å². The molecule has 0 atom stereocenters. The fourth-order valence-electron chi connectivity index (χ4n) is 3.91. The third-order valence-corrected chi connectivity index (χ3v) is 5.84. The number of hydrogen-bond acceptors (Lipinski definition) is 4. The van der Waals surface area contributed by atoms with Gasteiger partial charge in [-0.2, -0.15) is 5.10 Å². The zero-order valence-electron chi connectivity index (χ0n) is 20.8. The van der Waals surface area contributed by atoms with Crippen LogP contribution in [0.15, 0.2) is 77.9 Å². The molecular weight excluding hydrogens is 424 g/mol. The SMILES string of the molecule is CC(C)(C)c1cc(/C=N/NC(=O)C(O)(c2ccccc2)c2ccccc2)cc(C(C)(C)C)c1O. The Morgan fingerprint density at radius 1 is 0.794 bits per heavy atom. The monoisotopic (exact) mass is 458 g/mol. The number of phenolic OH excluding ortho intramolecular Hbond substituents is 1. The van der Waals surface area contributed by atoms with E-state index >= 15 is 0 Å². The number of hydrogen-bond donors (Lipinski definition) is 3. The number of amides is 1. The van der Waals surface area contributed by atoms with Crippen LogP contribution in [0.3, 0.4) is 0 Å². The molecule has 0 unspecified atom stereocenters. The van der Waals surface area contributed by atoms with Crippen LogP contribution in [0, 0.1) is 0 Å². The van der Waals surface area contributed by atoms with Gasteiger partial charge in [0, 0.05) is 11.1 Å². The molecule has 3 N–H and O–H groups in total. The van der Waals surface area contributed by atoms with Crippen LogP contribution < -0.4 is 5.43 Å². The zero-order valence-corrected chi connectivity index (χ0v) is 20.8. The number of hydrazone groups is 1. The van der Waals surface area contributed by atoms with E-state index in [1.807, 2.05) is 65.8 Å². The number of benzene rings is 3. The molecule has 0 aliphatic rings. The van der Waals surface area contributed by atoms with E-state index in [0.717, 1.165) is 16.7 Å². The summed E-state index contributed by atoms with van der Waals surface area (Å²) in [4.78, 5) is 13.2. The number of nitrogens with one attached hydrogen (secondary N) is 1. The Bertz CT molecular complexity index is 1100. The first-order valence-electron chi connectivity index (χ1n) is 11.4. The Morgan fingerprint density at radius 2 is 1.21 bits per heavy atom. The molecule has 0 spiro atoms. The summed E-state index contributed by atoms with van der Waals surface area (Å²) in [5.41, 5.74) is 3.31. The predicted octanol–water partition coefficient (Wildman–Crippen LogP) is 5.37. The van der Waals surface area contributed by atoms with Gasteiger partial charge in [0.15, 0.2) is 5.60 Å². The van der Waals surface area contributed by atoms with Crippen LogP contribution in [-0.2, 0) is 21.2 Å². The van der Waals surface area contributed by atoms with Crippen molar-refractivity contribution in [2.24, 2.45) is 5.10 Å². The lowest BCUT2D eigenvalue weighted by molar-refractivity contribution is -0.136. The highest BCUT2D eigenvalue weighted by Gasteiger charge is 2.39. The first-order chi connectivity index (χ1) is 15.8. The Balaban J connectivity index is 1.97. The lowest BCUT2D eigenvalue weighted by Crippen LogP contribution is -2.43. The summed E-state index contributed by atoms with van der Waals surface area (Å²) in [6.45, 7) is 12.2. The molecular formula is C29H34N2O3. The molecule has 3 rings (SSSR count). The summed E-state index contributed by atoms with van der Waals surface area (Å²) < 4.78 is 0. The van der Waals surface area contributed by atoms with Crippen molar-refractivity contribution in [3.63, 3.8) is 0 Å². The van der Waals surface area contributed by atoms with E-state index in [0.29, 0.717) is 11.1 Å². The zero-order chi connectivity index (χ0) is 25.1. The molecule has 178 valence electrons. The predicted molar refractivity (Wildman–Crippen MR) is 137 cm³/mol. The fourth-order valence-corrected chi connectivity index (χ4v) is 3.91. The number of carbonyl (C=O) groups excluding carboxylic acids is 1. The second-order valence-electron chi connectivity index (χ2n) is 10.6. The van der Waals surface area contributed by atoms with Gasteiger partial charge >= 0.3 is 0 Å². The molecule has 5 nitrogen and oxygen atoms in total. The molecule has 1 amide bonds. The topological polar surface area (TPSA) is 81.9 Å². The molecule has 0 saturated carbocycles. The summed E-state index contributed by atoms with van der Waals surface area (Å²) in [5.74, 6) is -0.379. The second kappa shape index (κ2) is 9.43. The van der Waals surface area contributed by atoms with Gasteiger partial charge in [0.2, 0.25) is 0 Å². The van der Waals surface area contributed by atoms with E-state index in [4.69, 9.17) is 0 Å². The highest BCUT2D eigenvalue weighted by Crippen LogP contribution is 2.39. The van der Waals surface area contributed by atoms with E-state index in [-0.39, 0.29) is 16.6 Å². The molecule has 34 heavy (non-hydrogen) atoms. The summed E-state index contributed by atoms with van der Waals surface area (Å²) in [7, 11) is 0. The smallest absolute Gasteiger partial charge is 0.281 e. The minimum absolute atomic E-state index is 0.280. The highest BCUT2D eigenvalue weighted by molar-refractivity contribution is 5.91. The Kier molecular flexibility index (Phi) is 6.99. The highest BCUT2D eigenvalue weighted by atomic mass is 16.3. The minimum Gasteiger partial charge on any atom is -0.507 e. The van der Waals surface area contributed by atoms with Gasteiger partial charge in [0.05, 0.1) is 6.21 Å². The van der Waals surface area contributed by atoms with Crippen molar-refractivity contribution in [1.82, 2.24) is 5.43 Å². The third-order valence-electron chi connectivity index (χ3n) is 5.84. The maximum atomic E-state index is 13.2. The van der Waals surface area contributed by atoms with E-state index < -0.39 is 11.5 Å². The quantitative estimate of drug-likeness (QED) is 0.355. The molecule has 0 radical (unpaired) electrons. The van der Waals surface area contributed by atoms with Crippen molar-refractivity contribution in [2.75, 3.05) is 0 Å². The van der Waals surface area contributed by atoms with Crippen molar-refractivity contribution in [1.29, 1.82) is 0 Å². The molecule has 0 aliphatic heterocycles. The maximum absolute atomic E-state index is 13.2. The molecule has 3 aromatic carbocycles. The van der Waals surface area contributed by atoms with Gasteiger partial charge in [-0.25, -0.2) is 5.43 Å². The molecule has 3 aromatic rings. The van der Waals surface area contributed by atoms with Crippen LogP contribution in [0.4, 0.5) is 0 Å². The van der Waals surface area contributed by atoms with Crippen molar-refractivity contribution < 1.29 is 15.0 Å². The van der Waals surface area contributed by atoms with Gasteiger partial charge < -0.3 is 10.2 Å². The van der Waals surface area contributed by atoms with Gasteiger partial charge in [0.1, 0.15) is 5.75 Å². The van der Waals surface area contributed by atoms with Crippen LogP contribution in [0.25, 0.3) is 0 Å². The Hall–Kier alpha value is -3.44. The summed E-state index contributed by atoms with van der Waals surface area (Å²) >= 11 is 0. The number of rotatable bonds is 5. The summed E-state index contributed by atoms with van der Waals surface area (Å²) in [5, 5.41) is 26.6. The average molecular weight is 459 g/mol. The van der Waals surface area contributed by atoms with Crippen LogP contribution in [0.5, 0.6) is 5.75 Å². The molecule has 0 heterocycles. The minimum atomic E-state index is -1.90. The molecule has 0 saturated heterocycles. The number of aliphatic hydroxyl groups is 1. The van der Waals surface area contributed by atoms with Gasteiger partial charge in [-0.1, -0.05) is 102 Å².